The van der Waals surface area contributed by atoms with Crippen molar-refractivity contribution in [3.63, 3.8) is 0 Å². The van der Waals surface area contributed by atoms with E-state index in [-0.39, 0.29) is 15.6 Å². The van der Waals surface area contributed by atoms with Gasteiger partial charge in [0.25, 0.3) is 0 Å². The molecule has 0 atom stereocenters. The fourth-order valence-electron chi connectivity index (χ4n) is 3.28. The summed E-state index contributed by atoms with van der Waals surface area (Å²) in [7, 11) is -3.68. The van der Waals surface area contributed by atoms with Crippen LogP contribution >= 0.6 is 30.3 Å². The Morgan fingerprint density at radius 2 is 1.21 bits per heavy atom. The largest absolute Gasteiger partial charge is 0.305 e. The van der Waals surface area contributed by atoms with Gasteiger partial charge in [-0.25, -0.2) is 0 Å². The van der Waals surface area contributed by atoms with Gasteiger partial charge in [0, 0.05) is 16.0 Å². The van der Waals surface area contributed by atoms with Gasteiger partial charge in [-0.15, -0.1) is 0 Å². The SMILES string of the molecule is O=C(c1c(Cl)cc2ccccc2c1Cl)P(=O)(c1ccccc1)c1ccccc1. The topological polar surface area (TPSA) is 34.1 Å². The minimum absolute atomic E-state index is 0.0954. The lowest BCUT2D eigenvalue weighted by molar-refractivity contribution is 0.107. The van der Waals surface area contributed by atoms with Gasteiger partial charge in [0.05, 0.1) is 15.6 Å². The zero-order valence-electron chi connectivity index (χ0n) is 14.7. The third-order valence-corrected chi connectivity index (χ3v) is 8.21. The maximum atomic E-state index is 14.3. The van der Waals surface area contributed by atoms with Crippen molar-refractivity contribution in [1.82, 2.24) is 0 Å². The Balaban J connectivity index is 2.01. The van der Waals surface area contributed by atoms with Crippen LogP contribution in [-0.4, -0.2) is 5.52 Å². The minimum atomic E-state index is -3.68. The average molecular weight is 425 g/mol. The monoisotopic (exact) mass is 424 g/mol. The highest BCUT2D eigenvalue weighted by molar-refractivity contribution is 7.93. The van der Waals surface area contributed by atoms with Crippen LogP contribution in [-0.2, 0) is 4.57 Å². The van der Waals surface area contributed by atoms with Crippen LogP contribution < -0.4 is 10.6 Å². The molecule has 4 rings (SSSR count). The Kier molecular flexibility index (Phi) is 5.12. The summed E-state index contributed by atoms with van der Waals surface area (Å²) < 4.78 is 14.3. The van der Waals surface area contributed by atoms with Crippen molar-refractivity contribution in [2.45, 2.75) is 0 Å². The van der Waals surface area contributed by atoms with Crippen LogP contribution in [0.2, 0.25) is 10.0 Å². The Hall–Kier alpha value is -2.38. The summed E-state index contributed by atoms with van der Waals surface area (Å²) in [6.07, 6.45) is 0. The summed E-state index contributed by atoms with van der Waals surface area (Å²) in [6.45, 7) is 0. The van der Waals surface area contributed by atoms with Crippen LogP contribution in [0.15, 0.2) is 91.0 Å². The van der Waals surface area contributed by atoms with Crippen molar-refractivity contribution < 1.29 is 9.36 Å². The summed E-state index contributed by atoms with van der Waals surface area (Å²) >= 11 is 13.1. The molecule has 0 saturated heterocycles. The third-order valence-electron chi connectivity index (χ3n) is 4.68. The molecule has 0 amide bonds. The quantitative estimate of drug-likeness (QED) is 0.360. The molecule has 0 heterocycles. The van der Waals surface area contributed by atoms with Gasteiger partial charge in [0.1, 0.15) is 0 Å². The number of carbonyl (C=O) groups excluding carboxylic acids is 1. The second-order valence-electron chi connectivity index (χ2n) is 6.35. The first-order chi connectivity index (χ1) is 13.5. The van der Waals surface area contributed by atoms with E-state index in [1.165, 1.54) is 0 Å². The van der Waals surface area contributed by atoms with Gasteiger partial charge < -0.3 is 4.57 Å². The van der Waals surface area contributed by atoms with E-state index in [2.05, 4.69) is 0 Å². The zero-order valence-corrected chi connectivity index (χ0v) is 17.1. The van der Waals surface area contributed by atoms with Crippen LogP contribution in [0.1, 0.15) is 10.4 Å². The molecule has 0 spiro atoms. The van der Waals surface area contributed by atoms with E-state index in [0.29, 0.717) is 16.0 Å². The summed E-state index contributed by atoms with van der Waals surface area (Å²) in [5, 5.41) is 2.84. The zero-order chi connectivity index (χ0) is 19.7. The first-order valence-corrected chi connectivity index (χ1v) is 11.1. The molecule has 5 heteroatoms. The standard InChI is InChI=1S/C23H15Cl2O2P/c24-20-15-16-9-7-8-14-19(16)22(25)21(20)23(26)28(27,17-10-3-1-4-11-17)18-12-5-2-6-13-18/h1-15H. The lowest BCUT2D eigenvalue weighted by Crippen LogP contribution is -2.23. The molecule has 0 aliphatic carbocycles. The van der Waals surface area contributed by atoms with Gasteiger partial charge in [-0.2, -0.15) is 0 Å². The molecular formula is C23H15Cl2O2P. The predicted octanol–water partition coefficient (Wildman–Crippen LogP) is 6.30. The highest BCUT2D eigenvalue weighted by atomic mass is 35.5. The molecule has 0 radical (unpaired) electrons. The highest BCUT2D eigenvalue weighted by Gasteiger charge is 2.38. The van der Waals surface area contributed by atoms with Gasteiger partial charge in [0.15, 0.2) is 0 Å². The van der Waals surface area contributed by atoms with E-state index >= 15 is 0 Å². The van der Waals surface area contributed by atoms with E-state index in [0.717, 1.165) is 5.39 Å². The molecule has 28 heavy (non-hydrogen) atoms. The number of hydrogen-bond donors (Lipinski definition) is 0. The first kappa shape index (κ1) is 19.0. The van der Waals surface area contributed by atoms with Gasteiger partial charge in [-0.3, -0.25) is 4.79 Å². The van der Waals surface area contributed by atoms with E-state index in [1.807, 2.05) is 36.4 Å². The number of rotatable bonds is 4. The van der Waals surface area contributed by atoms with E-state index < -0.39 is 12.7 Å². The molecule has 0 aliphatic rings. The van der Waals surface area contributed by atoms with Crippen molar-refractivity contribution in [2.75, 3.05) is 0 Å². The van der Waals surface area contributed by atoms with Gasteiger partial charge >= 0.3 is 0 Å². The number of hydrogen-bond acceptors (Lipinski definition) is 2. The number of benzene rings is 4. The van der Waals surface area contributed by atoms with Gasteiger partial charge in [-0.05, 0) is 11.5 Å². The third kappa shape index (κ3) is 3.08. The Morgan fingerprint density at radius 1 is 0.714 bits per heavy atom. The molecule has 0 aliphatic heterocycles. The van der Waals surface area contributed by atoms with Crippen LogP contribution in [0.25, 0.3) is 10.8 Å². The van der Waals surface area contributed by atoms with Crippen molar-refractivity contribution in [3.05, 3.63) is 107 Å². The molecule has 4 aromatic rings. The minimum Gasteiger partial charge on any atom is -0.305 e. The van der Waals surface area contributed by atoms with E-state index in [4.69, 9.17) is 23.2 Å². The molecule has 0 bridgehead atoms. The molecule has 0 unspecified atom stereocenters. The summed E-state index contributed by atoms with van der Waals surface area (Å²) in [5.74, 6) is 0. The van der Waals surface area contributed by atoms with Crippen LogP contribution in [0.5, 0.6) is 0 Å². The summed E-state index contributed by atoms with van der Waals surface area (Å²) in [5.41, 5.74) is -0.469. The van der Waals surface area contributed by atoms with Crippen LogP contribution in [0.4, 0.5) is 0 Å². The second-order valence-corrected chi connectivity index (χ2v) is 9.80. The number of fused-ring (bicyclic) bond motifs is 1. The molecule has 0 saturated carbocycles. The molecule has 0 aromatic heterocycles. The van der Waals surface area contributed by atoms with Gasteiger partial charge in [-0.1, -0.05) is 108 Å². The molecule has 4 aromatic carbocycles. The fourth-order valence-corrected chi connectivity index (χ4v) is 6.62. The Bertz CT molecular complexity index is 1180. The van der Waals surface area contributed by atoms with Crippen molar-refractivity contribution in [3.8, 4) is 0 Å². The summed E-state index contributed by atoms with van der Waals surface area (Å²) in [4.78, 5) is 13.7. The summed E-state index contributed by atoms with van der Waals surface area (Å²) in [6, 6.07) is 26.6. The van der Waals surface area contributed by atoms with Crippen molar-refractivity contribution in [2.24, 2.45) is 0 Å². The molecule has 0 fully saturated rings. The second kappa shape index (κ2) is 7.56. The van der Waals surface area contributed by atoms with Gasteiger partial charge in [0.2, 0.25) is 12.7 Å². The maximum absolute atomic E-state index is 14.3. The van der Waals surface area contributed by atoms with Crippen LogP contribution in [0, 0.1) is 0 Å². The fraction of sp³-hybridized carbons (Fsp3) is 0. The van der Waals surface area contributed by atoms with Crippen molar-refractivity contribution >= 4 is 57.2 Å². The first-order valence-electron chi connectivity index (χ1n) is 8.66. The lowest BCUT2D eigenvalue weighted by Gasteiger charge is -2.20. The highest BCUT2D eigenvalue weighted by Crippen LogP contribution is 2.50. The van der Waals surface area contributed by atoms with E-state index in [1.54, 1.807) is 54.6 Å². The lowest BCUT2D eigenvalue weighted by atomic mass is 10.1. The normalized spacial score (nSPS) is 11.5. The predicted molar refractivity (Wildman–Crippen MR) is 118 cm³/mol. The maximum Gasteiger partial charge on any atom is 0.233 e. The smallest absolute Gasteiger partial charge is 0.233 e. The average Bonchev–Trinajstić information content (AvgIpc) is 2.74. The Morgan fingerprint density at radius 3 is 1.79 bits per heavy atom. The van der Waals surface area contributed by atoms with Crippen molar-refractivity contribution in [1.29, 1.82) is 0 Å². The molecule has 2 nitrogen and oxygen atoms in total. The number of carbonyl (C=O) groups is 1. The van der Waals surface area contributed by atoms with E-state index in [9.17, 15) is 9.36 Å². The van der Waals surface area contributed by atoms with Crippen LogP contribution in [0.3, 0.4) is 0 Å². The molecule has 138 valence electrons. The number of halogens is 2. The Labute approximate surface area is 173 Å². The molecule has 0 N–H and O–H groups in total. The molecular weight excluding hydrogens is 410 g/mol.